The summed E-state index contributed by atoms with van der Waals surface area (Å²) < 4.78 is 2.39. The van der Waals surface area contributed by atoms with Gasteiger partial charge in [-0.15, -0.1) is 0 Å². The molecule has 0 fully saturated rings. The molecule has 2 aliphatic heterocycles. The van der Waals surface area contributed by atoms with Crippen LogP contribution >= 0.6 is 0 Å². The highest BCUT2D eigenvalue weighted by molar-refractivity contribution is 7.23. The van der Waals surface area contributed by atoms with Crippen LogP contribution in [0.25, 0.3) is 170 Å². The summed E-state index contributed by atoms with van der Waals surface area (Å²) >= 11 is 0. The van der Waals surface area contributed by atoms with E-state index in [1.807, 2.05) is 0 Å². The van der Waals surface area contributed by atoms with E-state index in [2.05, 4.69) is 566 Å². The molecule has 25 aromatic carbocycles. The lowest BCUT2D eigenvalue weighted by Crippen LogP contribution is -2.72. The maximum Gasteiger partial charge on any atom is 0.180 e. The number of hydrogen-bond acceptors (Lipinski definition) is 2. The smallest absolute Gasteiger partial charge is 0.180 e. The second-order valence-electron chi connectivity index (χ2n) is 37.5. The summed E-state index contributed by atoms with van der Waals surface area (Å²) in [6.07, 6.45) is 0. The van der Waals surface area contributed by atoms with E-state index in [0.29, 0.717) is 0 Å². The minimum absolute atomic E-state index is 1.10. The lowest BCUT2D eigenvalue weighted by Gasteiger charge is -2.31. The molecule has 5 heteroatoms. The third-order valence-corrected chi connectivity index (χ3v) is 39.9. The Morgan fingerprint density at radius 2 is 0.418 bits per heavy atom. The molecule has 141 heavy (non-hydrogen) atoms. The van der Waals surface area contributed by atoms with Gasteiger partial charge in [-0.05, 0) is 276 Å². The lowest BCUT2D eigenvalue weighted by atomic mass is 9.92. The van der Waals surface area contributed by atoms with Crippen molar-refractivity contribution in [3.05, 3.63) is 552 Å². The molecule has 0 unspecified atom stereocenters. The van der Waals surface area contributed by atoms with Gasteiger partial charge in [-0.1, -0.05) is 449 Å². The number of benzene rings is 25. The molecule has 0 radical (unpaired) electrons. The van der Waals surface area contributed by atoms with Crippen LogP contribution < -0.4 is 51.3 Å². The molecular formula is C136H91N3Si2. The van der Waals surface area contributed by atoms with Crippen molar-refractivity contribution in [2.24, 2.45) is 0 Å². The maximum absolute atomic E-state index is 2.56. The van der Waals surface area contributed by atoms with Gasteiger partial charge in [0, 0.05) is 50.0 Å². The average molecular weight is 1820 g/mol. The van der Waals surface area contributed by atoms with Crippen molar-refractivity contribution in [1.82, 2.24) is 4.57 Å². The summed E-state index contributed by atoms with van der Waals surface area (Å²) in [7, 11) is -5.12. The van der Waals surface area contributed by atoms with Crippen LogP contribution in [0.4, 0.5) is 34.1 Å². The first-order chi connectivity index (χ1) is 69.9. The number of rotatable bonds is 15. The van der Waals surface area contributed by atoms with Gasteiger partial charge in [-0.25, -0.2) is 0 Å². The first kappa shape index (κ1) is 82.6. The van der Waals surface area contributed by atoms with E-state index in [1.165, 1.54) is 205 Å². The van der Waals surface area contributed by atoms with Crippen LogP contribution in [0.1, 0.15) is 0 Å². The zero-order valence-corrected chi connectivity index (χ0v) is 79.4. The van der Waals surface area contributed by atoms with Crippen molar-refractivity contribution in [1.29, 1.82) is 0 Å². The van der Waals surface area contributed by atoms with Crippen molar-refractivity contribution in [2.45, 2.75) is 0 Å². The molecule has 0 saturated carbocycles. The minimum Gasteiger partial charge on any atom is -0.310 e. The second-order valence-corrected chi connectivity index (χ2v) is 45.0. The van der Waals surface area contributed by atoms with E-state index in [1.54, 1.807) is 0 Å². The van der Waals surface area contributed by atoms with Gasteiger partial charge >= 0.3 is 0 Å². The summed E-state index contributed by atoms with van der Waals surface area (Å²) in [5.41, 5.74) is 25.2. The van der Waals surface area contributed by atoms with Crippen LogP contribution in [0.3, 0.4) is 0 Å². The Morgan fingerprint density at radius 1 is 0.149 bits per heavy atom. The van der Waals surface area contributed by atoms with Gasteiger partial charge in [-0.2, -0.15) is 0 Å². The second kappa shape index (κ2) is 34.1. The fourth-order valence-electron chi connectivity index (χ4n) is 23.9. The van der Waals surface area contributed by atoms with Crippen LogP contribution in [0.2, 0.25) is 0 Å². The molecule has 0 saturated heterocycles. The molecular weight excluding hydrogens is 1730 g/mol. The molecule has 3 nitrogen and oxygen atoms in total. The number of para-hydroxylation sites is 2. The van der Waals surface area contributed by atoms with Gasteiger partial charge in [0.25, 0.3) is 0 Å². The Kier molecular flexibility index (Phi) is 20.0. The van der Waals surface area contributed by atoms with Crippen LogP contribution in [0.5, 0.6) is 0 Å². The molecule has 658 valence electrons. The van der Waals surface area contributed by atoms with Gasteiger partial charge in [0.15, 0.2) is 16.1 Å². The predicted octanol–water partition coefficient (Wildman–Crippen LogP) is 30.9. The molecule has 0 atom stereocenters. The first-order valence-electron chi connectivity index (χ1n) is 48.9. The quantitative estimate of drug-likeness (QED) is 0.0749. The third-order valence-electron chi connectivity index (χ3n) is 30.2. The number of hydrogen-bond donors (Lipinski definition) is 0. The van der Waals surface area contributed by atoms with Crippen molar-refractivity contribution in [2.75, 3.05) is 9.80 Å². The fourth-order valence-corrected chi connectivity index (χ4v) is 34.2. The highest BCUT2D eigenvalue weighted by atomic mass is 28.3. The van der Waals surface area contributed by atoms with Crippen molar-refractivity contribution >= 4 is 189 Å². The molecule has 0 bridgehead atoms. The maximum atomic E-state index is 2.45. The first-order valence-corrected chi connectivity index (χ1v) is 52.9. The Bertz CT molecular complexity index is 9240. The zero-order chi connectivity index (χ0) is 93.1. The molecule has 0 amide bonds. The van der Waals surface area contributed by atoms with Crippen molar-refractivity contribution in [3.8, 4) is 72.4 Å². The fraction of sp³-hybridized carbons (Fsp3) is 0. The van der Waals surface area contributed by atoms with E-state index < -0.39 is 16.1 Å². The Balaban J connectivity index is 0.000000141. The monoisotopic (exact) mass is 1820 g/mol. The SMILES string of the molecule is c1ccc([Si]2(c3ccccc3)c3ccccc3-c3cc(-c4ccc(N(c5ccc(-c6ccc7c8ccccc8c8ccccc8c7c6)cc5)c5cc6ccccc6c6ccccc56)cc4)ccc32)cc1.c1ccc([Si]2(c3ccccc3)c3ccccc3-c3cc(-c4ccc(N(c5ccc(-c6cccc(-n7c8ccccc8c8ccccc87)c6)cc5)c5cc6ccccc6c6ccccc56)cc4)ccc32)cc1. The van der Waals surface area contributed by atoms with E-state index in [0.717, 1.165) is 39.8 Å². The Labute approximate surface area is 821 Å². The highest BCUT2D eigenvalue weighted by Gasteiger charge is 2.50. The summed E-state index contributed by atoms with van der Waals surface area (Å²) in [5.74, 6) is 0. The summed E-state index contributed by atoms with van der Waals surface area (Å²) in [4.78, 5) is 4.89. The van der Waals surface area contributed by atoms with Gasteiger partial charge in [0.05, 0.1) is 22.4 Å². The predicted molar refractivity (Wildman–Crippen MR) is 606 cm³/mol. The van der Waals surface area contributed by atoms with Crippen LogP contribution in [0, 0.1) is 0 Å². The Morgan fingerprint density at radius 3 is 0.801 bits per heavy atom. The van der Waals surface area contributed by atoms with Gasteiger partial charge < -0.3 is 14.4 Å². The number of anilines is 6. The molecule has 26 aromatic rings. The zero-order valence-electron chi connectivity index (χ0n) is 77.4. The molecule has 0 N–H and O–H groups in total. The van der Waals surface area contributed by atoms with Crippen molar-refractivity contribution in [3.63, 3.8) is 0 Å². The van der Waals surface area contributed by atoms with Gasteiger partial charge in [0.1, 0.15) is 0 Å². The summed E-state index contributed by atoms with van der Waals surface area (Å²) in [5, 5.41) is 31.6. The summed E-state index contributed by atoms with van der Waals surface area (Å²) in [6.45, 7) is 0. The highest BCUT2D eigenvalue weighted by Crippen LogP contribution is 2.48. The van der Waals surface area contributed by atoms with Gasteiger partial charge in [-0.3, -0.25) is 0 Å². The van der Waals surface area contributed by atoms with E-state index in [4.69, 9.17) is 0 Å². The molecule has 3 heterocycles. The van der Waals surface area contributed by atoms with Gasteiger partial charge in [0.2, 0.25) is 0 Å². The topological polar surface area (TPSA) is 11.4 Å². The number of fused-ring (bicyclic) bond motifs is 21. The summed E-state index contributed by atoms with van der Waals surface area (Å²) in [6, 6.07) is 205. The van der Waals surface area contributed by atoms with Crippen molar-refractivity contribution < 1.29 is 0 Å². The van der Waals surface area contributed by atoms with Crippen LogP contribution in [-0.4, -0.2) is 20.7 Å². The Hall–Kier alpha value is -17.8. The van der Waals surface area contributed by atoms with E-state index in [9.17, 15) is 0 Å². The molecule has 2 aliphatic rings. The third kappa shape index (κ3) is 13.5. The number of nitrogens with zero attached hydrogens (tertiary/aromatic N) is 3. The number of aromatic nitrogens is 1. The van der Waals surface area contributed by atoms with E-state index >= 15 is 0 Å². The van der Waals surface area contributed by atoms with Crippen LogP contribution in [-0.2, 0) is 0 Å². The molecule has 1 aromatic heterocycles. The average Bonchev–Trinajstić information content (AvgIpc) is 1.53. The molecule has 0 aliphatic carbocycles. The normalized spacial score (nSPS) is 12.7. The standard InChI is InChI=1S/C68H46N2Si.C68H45NSi/c1-3-21-55(22-4-1)71(56-23-5-2-6-24-56)67-33-16-13-30-62(67)63-45-50(38-43-68(63)71)48-36-41-53(42-37-48)69(66-46-51-18-7-8-25-57(51)58-26-9-10-27-59(58)66)52-39-34-47(35-40-52)49-19-17-20-54(44-49)70-64-31-14-11-28-60(64)61-29-12-15-32-65(61)70;1-3-18-53(19-4-1)70(54-20-5-2-6-21-54)67-30-16-15-29-63(67)65-44-49(36-42-68(65)70)47-33-39-52(40-34-47)69(66-45-50-17-7-8-22-55(50)56-23-13-14-28-62(56)66)51-37-31-46(32-38-51)48-35-41-61-59-26-10-9-24-57(59)58-25-11-12-27-60(58)64(61)43-48/h1-46H;1-45H. The molecule has 0 spiro atoms. The van der Waals surface area contributed by atoms with Crippen LogP contribution in [0.15, 0.2) is 552 Å². The minimum atomic E-state index is -2.56. The lowest BCUT2D eigenvalue weighted by molar-refractivity contribution is 1.18. The molecule has 28 rings (SSSR count). The largest absolute Gasteiger partial charge is 0.310 e. The van der Waals surface area contributed by atoms with E-state index in [-0.39, 0.29) is 0 Å².